The minimum Gasteiger partial charge on any atom is -0.309 e. The average molecular weight is 401 g/mol. The molecular formula is C17H13BrN4O3. The largest absolute Gasteiger partial charge is 0.309 e. The van der Waals surface area contributed by atoms with Crippen LogP contribution in [-0.2, 0) is 11.2 Å². The number of hydrogen-bond donors (Lipinski definition) is 2. The predicted molar refractivity (Wildman–Crippen MR) is 97.2 cm³/mol. The van der Waals surface area contributed by atoms with Crippen LogP contribution in [0.5, 0.6) is 0 Å². The van der Waals surface area contributed by atoms with E-state index >= 15 is 0 Å². The van der Waals surface area contributed by atoms with E-state index in [0.29, 0.717) is 17.1 Å². The Labute approximate surface area is 151 Å². The Morgan fingerprint density at radius 2 is 1.96 bits per heavy atom. The number of rotatable bonds is 5. The molecule has 2 aromatic carbocycles. The van der Waals surface area contributed by atoms with Crippen LogP contribution in [-0.4, -0.2) is 21.0 Å². The first-order valence-corrected chi connectivity index (χ1v) is 8.15. The standard InChI is InChI=1S/C17H13BrN4O3/c18-13-6-4-11(5-7-13)8-17(23)19-16-10-15(20-21-16)12-2-1-3-14(9-12)22(24)25/h1-7,9-10H,8H2,(H2,19,20,21,23). The van der Waals surface area contributed by atoms with Crippen molar-refractivity contribution in [3.8, 4) is 11.3 Å². The summed E-state index contributed by atoms with van der Waals surface area (Å²) in [5.74, 6) is 0.169. The number of hydrogen-bond acceptors (Lipinski definition) is 4. The van der Waals surface area contributed by atoms with Gasteiger partial charge in [0.2, 0.25) is 5.91 Å². The van der Waals surface area contributed by atoms with E-state index in [2.05, 4.69) is 31.4 Å². The fourth-order valence-electron chi connectivity index (χ4n) is 2.30. The van der Waals surface area contributed by atoms with Gasteiger partial charge in [0.25, 0.3) is 5.69 Å². The van der Waals surface area contributed by atoms with Crippen LogP contribution in [0.25, 0.3) is 11.3 Å². The van der Waals surface area contributed by atoms with Gasteiger partial charge in [-0.05, 0) is 17.7 Å². The maximum Gasteiger partial charge on any atom is 0.270 e. The Balaban J connectivity index is 1.69. The highest BCUT2D eigenvalue weighted by Crippen LogP contribution is 2.24. The van der Waals surface area contributed by atoms with Gasteiger partial charge in [0.1, 0.15) is 0 Å². The Morgan fingerprint density at radius 3 is 2.68 bits per heavy atom. The normalized spacial score (nSPS) is 10.4. The smallest absolute Gasteiger partial charge is 0.270 e. The zero-order chi connectivity index (χ0) is 17.8. The number of H-pyrrole nitrogens is 1. The molecular weight excluding hydrogens is 388 g/mol. The zero-order valence-corrected chi connectivity index (χ0v) is 14.5. The van der Waals surface area contributed by atoms with E-state index in [0.717, 1.165) is 10.0 Å². The van der Waals surface area contributed by atoms with Crippen LogP contribution in [0.3, 0.4) is 0 Å². The second-order valence-electron chi connectivity index (χ2n) is 5.33. The molecule has 3 aromatic rings. The summed E-state index contributed by atoms with van der Waals surface area (Å²) in [6.07, 6.45) is 0.228. The number of nitro benzene ring substituents is 1. The summed E-state index contributed by atoms with van der Waals surface area (Å²) in [4.78, 5) is 22.5. The van der Waals surface area contributed by atoms with Gasteiger partial charge in [-0.2, -0.15) is 5.10 Å². The van der Waals surface area contributed by atoms with Crippen molar-refractivity contribution < 1.29 is 9.72 Å². The van der Waals surface area contributed by atoms with Gasteiger partial charge in [-0.15, -0.1) is 0 Å². The number of aromatic amines is 1. The third-order valence-electron chi connectivity index (χ3n) is 3.49. The number of nitro groups is 1. The molecule has 0 unspecified atom stereocenters. The van der Waals surface area contributed by atoms with E-state index in [-0.39, 0.29) is 18.0 Å². The number of non-ortho nitro benzene ring substituents is 1. The average Bonchev–Trinajstić information content (AvgIpc) is 3.05. The van der Waals surface area contributed by atoms with Gasteiger partial charge in [0.05, 0.1) is 17.0 Å². The Morgan fingerprint density at radius 1 is 1.20 bits per heavy atom. The van der Waals surface area contributed by atoms with Gasteiger partial charge >= 0.3 is 0 Å². The number of carbonyl (C=O) groups excluding carboxylic acids is 1. The monoisotopic (exact) mass is 400 g/mol. The minimum absolute atomic E-state index is 0.00655. The molecule has 1 aromatic heterocycles. The van der Waals surface area contributed by atoms with E-state index in [9.17, 15) is 14.9 Å². The first kappa shape index (κ1) is 16.8. The highest BCUT2D eigenvalue weighted by atomic mass is 79.9. The molecule has 0 radical (unpaired) electrons. The molecule has 7 nitrogen and oxygen atoms in total. The third kappa shape index (κ3) is 4.30. The lowest BCUT2D eigenvalue weighted by Gasteiger charge is -2.02. The van der Waals surface area contributed by atoms with Crippen LogP contribution >= 0.6 is 15.9 Å². The highest BCUT2D eigenvalue weighted by molar-refractivity contribution is 9.10. The highest BCUT2D eigenvalue weighted by Gasteiger charge is 2.11. The van der Waals surface area contributed by atoms with Crippen LogP contribution in [0.1, 0.15) is 5.56 Å². The van der Waals surface area contributed by atoms with E-state index in [4.69, 9.17) is 0 Å². The Bertz CT molecular complexity index is 922. The van der Waals surface area contributed by atoms with Gasteiger partial charge in [-0.1, -0.05) is 40.2 Å². The fraction of sp³-hybridized carbons (Fsp3) is 0.0588. The molecule has 3 rings (SSSR count). The fourth-order valence-corrected chi connectivity index (χ4v) is 2.56. The van der Waals surface area contributed by atoms with E-state index in [1.54, 1.807) is 18.2 Å². The number of nitrogens with one attached hydrogen (secondary N) is 2. The van der Waals surface area contributed by atoms with Crippen LogP contribution < -0.4 is 5.32 Å². The molecule has 0 saturated heterocycles. The first-order valence-electron chi connectivity index (χ1n) is 7.36. The molecule has 1 amide bonds. The van der Waals surface area contributed by atoms with Crippen molar-refractivity contribution in [3.63, 3.8) is 0 Å². The summed E-state index contributed by atoms with van der Waals surface area (Å²) < 4.78 is 0.950. The number of carbonyl (C=O) groups is 1. The molecule has 0 aliphatic heterocycles. The molecule has 25 heavy (non-hydrogen) atoms. The summed E-state index contributed by atoms with van der Waals surface area (Å²) in [5, 5.41) is 20.4. The molecule has 0 bridgehead atoms. The van der Waals surface area contributed by atoms with Crippen LogP contribution in [0.15, 0.2) is 59.1 Å². The topological polar surface area (TPSA) is 101 Å². The Hall–Kier alpha value is -3.00. The van der Waals surface area contributed by atoms with Gasteiger partial charge in [0, 0.05) is 28.2 Å². The molecule has 126 valence electrons. The second-order valence-corrected chi connectivity index (χ2v) is 6.24. The van der Waals surface area contributed by atoms with Crippen LogP contribution in [0.2, 0.25) is 0 Å². The third-order valence-corrected chi connectivity index (χ3v) is 4.02. The first-order chi connectivity index (χ1) is 12.0. The number of anilines is 1. The predicted octanol–water partition coefficient (Wildman–Crippen LogP) is 3.93. The number of benzene rings is 2. The minimum atomic E-state index is -0.458. The van der Waals surface area contributed by atoms with Crippen molar-refractivity contribution in [3.05, 3.63) is 74.7 Å². The van der Waals surface area contributed by atoms with Crippen molar-refractivity contribution in [2.24, 2.45) is 0 Å². The molecule has 0 spiro atoms. The van der Waals surface area contributed by atoms with Crippen molar-refractivity contribution >= 4 is 33.3 Å². The van der Waals surface area contributed by atoms with Gasteiger partial charge in [0.15, 0.2) is 5.82 Å². The molecule has 0 saturated carbocycles. The summed E-state index contributed by atoms with van der Waals surface area (Å²) >= 11 is 3.35. The second kappa shape index (κ2) is 7.27. The van der Waals surface area contributed by atoms with E-state index in [1.165, 1.54) is 12.1 Å². The van der Waals surface area contributed by atoms with Gasteiger partial charge in [-0.3, -0.25) is 20.0 Å². The zero-order valence-electron chi connectivity index (χ0n) is 12.9. The molecule has 0 aliphatic rings. The Kier molecular flexibility index (Phi) is 4.90. The lowest BCUT2D eigenvalue weighted by atomic mass is 10.1. The van der Waals surface area contributed by atoms with Crippen molar-refractivity contribution in [2.75, 3.05) is 5.32 Å². The molecule has 1 heterocycles. The van der Waals surface area contributed by atoms with E-state index in [1.807, 2.05) is 24.3 Å². The lowest BCUT2D eigenvalue weighted by molar-refractivity contribution is -0.384. The van der Waals surface area contributed by atoms with Gasteiger partial charge in [-0.25, -0.2) is 0 Å². The van der Waals surface area contributed by atoms with E-state index < -0.39 is 4.92 Å². The molecule has 0 aliphatic carbocycles. The summed E-state index contributed by atoms with van der Waals surface area (Å²) in [5.41, 5.74) is 2.08. The van der Waals surface area contributed by atoms with Crippen LogP contribution in [0, 0.1) is 10.1 Å². The SMILES string of the molecule is O=C(Cc1ccc(Br)cc1)Nc1cc(-c2cccc([N+](=O)[O-])c2)[nH]n1. The maximum atomic E-state index is 12.1. The number of halogens is 1. The van der Waals surface area contributed by atoms with Crippen molar-refractivity contribution in [1.82, 2.24) is 10.2 Å². The van der Waals surface area contributed by atoms with Crippen molar-refractivity contribution in [2.45, 2.75) is 6.42 Å². The van der Waals surface area contributed by atoms with Crippen molar-refractivity contribution in [1.29, 1.82) is 0 Å². The molecule has 8 heteroatoms. The quantitative estimate of drug-likeness (QED) is 0.500. The molecule has 0 atom stereocenters. The molecule has 0 fully saturated rings. The molecule has 2 N–H and O–H groups in total. The number of aromatic nitrogens is 2. The maximum absolute atomic E-state index is 12.1. The van der Waals surface area contributed by atoms with Gasteiger partial charge < -0.3 is 5.32 Å². The lowest BCUT2D eigenvalue weighted by Crippen LogP contribution is -2.14. The number of nitrogens with zero attached hydrogens (tertiary/aromatic N) is 2. The summed E-state index contributed by atoms with van der Waals surface area (Å²) in [7, 11) is 0. The number of amides is 1. The summed E-state index contributed by atoms with van der Waals surface area (Å²) in [6.45, 7) is 0. The van der Waals surface area contributed by atoms with Crippen LogP contribution in [0.4, 0.5) is 11.5 Å². The summed E-state index contributed by atoms with van der Waals surface area (Å²) in [6, 6.07) is 15.3.